The highest BCUT2D eigenvalue weighted by Crippen LogP contribution is 2.28. The molecule has 146 valence electrons. The summed E-state index contributed by atoms with van der Waals surface area (Å²) in [5, 5.41) is 2.92. The minimum absolute atomic E-state index is 0.241. The second-order valence-corrected chi connectivity index (χ2v) is 9.21. The first kappa shape index (κ1) is 21.0. The molecule has 0 aliphatic carbocycles. The van der Waals surface area contributed by atoms with Crippen LogP contribution in [-0.4, -0.2) is 27.1 Å². The number of hydrogen-bond acceptors (Lipinski definition) is 3. The molecule has 0 aliphatic rings. The molecule has 6 heteroatoms. The molecule has 1 amide bonds. The molecule has 0 aliphatic heterocycles. The molecule has 0 heterocycles. The highest BCUT2D eigenvalue weighted by atomic mass is 32.2. The van der Waals surface area contributed by atoms with Crippen LogP contribution in [0, 0.1) is 20.8 Å². The Labute approximate surface area is 162 Å². The molecule has 0 saturated heterocycles. The van der Waals surface area contributed by atoms with Crippen LogP contribution in [0.2, 0.25) is 0 Å². The van der Waals surface area contributed by atoms with Crippen molar-refractivity contribution in [1.82, 2.24) is 0 Å². The van der Waals surface area contributed by atoms with Crippen LogP contribution in [0.5, 0.6) is 0 Å². The van der Waals surface area contributed by atoms with Gasteiger partial charge in [-0.2, -0.15) is 0 Å². The largest absolute Gasteiger partial charge is 0.324 e. The van der Waals surface area contributed by atoms with E-state index >= 15 is 0 Å². The lowest BCUT2D eigenvalue weighted by Crippen LogP contribution is -2.38. The zero-order valence-corrected chi connectivity index (χ0v) is 17.6. The Hall–Kier alpha value is -2.34. The number of carbonyl (C=O) groups is 1. The lowest BCUT2D eigenvalue weighted by Gasteiger charge is -2.25. The second kappa shape index (κ2) is 8.13. The Kier molecular flexibility index (Phi) is 6.31. The van der Waals surface area contributed by atoms with Gasteiger partial charge in [-0.3, -0.25) is 9.10 Å². The summed E-state index contributed by atoms with van der Waals surface area (Å²) in [7, 11) is -3.61. The summed E-state index contributed by atoms with van der Waals surface area (Å²) in [6.07, 6.45) is 1.12. The summed E-state index contributed by atoms with van der Waals surface area (Å²) in [5.41, 5.74) is 5.00. The summed E-state index contributed by atoms with van der Waals surface area (Å²) in [6.45, 7) is 9.51. The van der Waals surface area contributed by atoms with Gasteiger partial charge in [0.05, 0.1) is 11.9 Å². The van der Waals surface area contributed by atoms with E-state index in [4.69, 9.17) is 0 Å². The maximum Gasteiger partial charge on any atom is 0.245 e. The van der Waals surface area contributed by atoms with Gasteiger partial charge in [0.1, 0.15) is 6.54 Å². The van der Waals surface area contributed by atoms with Crippen LogP contribution >= 0.6 is 0 Å². The normalized spacial score (nSPS) is 11.5. The summed E-state index contributed by atoms with van der Waals surface area (Å²) >= 11 is 0. The Morgan fingerprint density at radius 2 is 1.74 bits per heavy atom. The molecule has 2 rings (SSSR count). The van der Waals surface area contributed by atoms with Gasteiger partial charge in [0, 0.05) is 5.69 Å². The number of amides is 1. The molecule has 0 fully saturated rings. The van der Waals surface area contributed by atoms with Crippen LogP contribution in [0.15, 0.2) is 36.4 Å². The molecular weight excluding hydrogens is 360 g/mol. The molecule has 0 radical (unpaired) electrons. The SMILES string of the molecule is Cc1ccc(C)c(N(CC(=O)Nc2c(C)cccc2C(C)C)S(C)(=O)=O)c1. The van der Waals surface area contributed by atoms with Crippen molar-refractivity contribution in [3.8, 4) is 0 Å². The highest BCUT2D eigenvalue weighted by Gasteiger charge is 2.23. The predicted molar refractivity (Wildman–Crippen MR) is 112 cm³/mol. The van der Waals surface area contributed by atoms with Crippen molar-refractivity contribution >= 4 is 27.3 Å². The number of nitrogens with one attached hydrogen (secondary N) is 1. The maximum atomic E-state index is 12.7. The van der Waals surface area contributed by atoms with Gasteiger partial charge >= 0.3 is 0 Å². The van der Waals surface area contributed by atoms with E-state index in [0.717, 1.165) is 38.5 Å². The average molecular weight is 389 g/mol. The van der Waals surface area contributed by atoms with Gasteiger partial charge in [-0.25, -0.2) is 8.42 Å². The van der Waals surface area contributed by atoms with E-state index in [0.29, 0.717) is 5.69 Å². The first-order valence-electron chi connectivity index (χ1n) is 8.95. The molecule has 0 bridgehead atoms. The fourth-order valence-corrected chi connectivity index (χ4v) is 3.93. The number of rotatable bonds is 6. The molecule has 0 atom stereocenters. The van der Waals surface area contributed by atoms with Crippen LogP contribution in [-0.2, 0) is 14.8 Å². The molecular formula is C21H28N2O3S. The maximum absolute atomic E-state index is 12.7. The first-order chi connectivity index (χ1) is 12.5. The van der Waals surface area contributed by atoms with Crippen molar-refractivity contribution in [1.29, 1.82) is 0 Å². The molecule has 0 spiro atoms. The van der Waals surface area contributed by atoms with Crippen molar-refractivity contribution in [2.75, 3.05) is 22.4 Å². The van der Waals surface area contributed by atoms with Crippen LogP contribution in [0.25, 0.3) is 0 Å². The fraction of sp³-hybridized carbons (Fsp3) is 0.381. The number of sulfonamides is 1. The Morgan fingerprint density at radius 3 is 2.33 bits per heavy atom. The van der Waals surface area contributed by atoms with Crippen molar-refractivity contribution in [2.45, 2.75) is 40.5 Å². The third kappa shape index (κ3) is 5.10. The lowest BCUT2D eigenvalue weighted by molar-refractivity contribution is -0.114. The quantitative estimate of drug-likeness (QED) is 0.809. The van der Waals surface area contributed by atoms with Gasteiger partial charge in [-0.1, -0.05) is 44.2 Å². The van der Waals surface area contributed by atoms with Crippen LogP contribution in [0.3, 0.4) is 0 Å². The summed E-state index contributed by atoms with van der Waals surface area (Å²) in [6, 6.07) is 11.4. The minimum Gasteiger partial charge on any atom is -0.324 e. The fourth-order valence-electron chi connectivity index (χ4n) is 3.02. The van der Waals surface area contributed by atoms with E-state index in [2.05, 4.69) is 19.2 Å². The predicted octanol–water partition coefficient (Wildman–Crippen LogP) is 4.14. The molecule has 0 unspecified atom stereocenters. The molecule has 0 saturated carbocycles. The number of para-hydroxylation sites is 1. The van der Waals surface area contributed by atoms with Gasteiger partial charge in [0.2, 0.25) is 15.9 Å². The average Bonchev–Trinajstić information content (AvgIpc) is 2.55. The number of aryl methyl sites for hydroxylation is 3. The Bertz CT molecular complexity index is 950. The molecule has 2 aromatic rings. The molecule has 1 N–H and O–H groups in total. The zero-order chi connectivity index (χ0) is 20.4. The van der Waals surface area contributed by atoms with Crippen molar-refractivity contribution < 1.29 is 13.2 Å². The third-order valence-corrected chi connectivity index (χ3v) is 5.64. The van der Waals surface area contributed by atoms with Gasteiger partial charge in [0.15, 0.2) is 0 Å². The minimum atomic E-state index is -3.61. The van der Waals surface area contributed by atoms with E-state index in [1.165, 1.54) is 0 Å². The monoisotopic (exact) mass is 388 g/mol. The van der Waals surface area contributed by atoms with Gasteiger partial charge < -0.3 is 5.32 Å². The van der Waals surface area contributed by atoms with E-state index in [9.17, 15) is 13.2 Å². The van der Waals surface area contributed by atoms with E-state index < -0.39 is 10.0 Å². The zero-order valence-electron chi connectivity index (χ0n) is 16.8. The van der Waals surface area contributed by atoms with Crippen LogP contribution < -0.4 is 9.62 Å². The molecule has 0 aromatic heterocycles. The van der Waals surface area contributed by atoms with Crippen molar-refractivity contribution in [3.63, 3.8) is 0 Å². The van der Waals surface area contributed by atoms with Crippen molar-refractivity contribution in [3.05, 3.63) is 58.7 Å². The van der Waals surface area contributed by atoms with E-state index in [1.807, 2.05) is 51.1 Å². The number of carbonyl (C=O) groups excluding carboxylic acids is 1. The lowest BCUT2D eigenvalue weighted by atomic mass is 9.98. The Balaban J connectivity index is 2.35. The molecule has 2 aromatic carbocycles. The number of hydrogen-bond donors (Lipinski definition) is 1. The molecule has 27 heavy (non-hydrogen) atoms. The van der Waals surface area contributed by atoms with Gasteiger partial charge in [-0.15, -0.1) is 0 Å². The van der Waals surface area contributed by atoms with Crippen LogP contribution in [0.4, 0.5) is 11.4 Å². The second-order valence-electron chi connectivity index (χ2n) is 7.30. The summed E-state index contributed by atoms with van der Waals surface area (Å²) in [5.74, 6) is -0.122. The molecule has 5 nitrogen and oxygen atoms in total. The number of nitrogens with zero attached hydrogens (tertiary/aromatic N) is 1. The van der Waals surface area contributed by atoms with Gasteiger partial charge in [-0.05, 0) is 55.0 Å². The van der Waals surface area contributed by atoms with Crippen molar-refractivity contribution in [2.24, 2.45) is 0 Å². The third-order valence-electron chi connectivity index (χ3n) is 4.51. The first-order valence-corrected chi connectivity index (χ1v) is 10.8. The Morgan fingerprint density at radius 1 is 1.07 bits per heavy atom. The van der Waals surface area contributed by atoms with Gasteiger partial charge in [0.25, 0.3) is 0 Å². The number of anilines is 2. The van der Waals surface area contributed by atoms with Crippen LogP contribution in [0.1, 0.15) is 42.0 Å². The van der Waals surface area contributed by atoms with E-state index in [1.54, 1.807) is 6.07 Å². The standard InChI is InChI=1S/C21H28N2O3S/c1-14(2)18-9-7-8-17(5)21(18)22-20(24)13-23(27(6,25)26)19-12-15(3)10-11-16(19)4/h7-12,14H,13H2,1-6H3,(H,22,24). The smallest absolute Gasteiger partial charge is 0.245 e. The summed E-state index contributed by atoms with van der Waals surface area (Å²) in [4.78, 5) is 12.7. The topological polar surface area (TPSA) is 66.5 Å². The highest BCUT2D eigenvalue weighted by molar-refractivity contribution is 7.92. The van der Waals surface area contributed by atoms with E-state index in [-0.39, 0.29) is 18.4 Å². The summed E-state index contributed by atoms with van der Waals surface area (Å²) < 4.78 is 25.9. The number of benzene rings is 2.